The van der Waals surface area contributed by atoms with E-state index in [9.17, 15) is 21.6 Å². The zero-order valence-electron chi connectivity index (χ0n) is 19.7. The zero-order chi connectivity index (χ0) is 24.7. The van der Waals surface area contributed by atoms with Gasteiger partial charge in [0.15, 0.2) is 15.6 Å². The third kappa shape index (κ3) is 4.85. The summed E-state index contributed by atoms with van der Waals surface area (Å²) >= 11 is 0. The van der Waals surface area contributed by atoms with Crippen LogP contribution in [0.25, 0.3) is 0 Å². The van der Waals surface area contributed by atoms with Crippen LogP contribution in [0.3, 0.4) is 0 Å². The second-order valence-corrected chi connectivity index (χ2v) is 12.3. The molecule has 0 amide bonds. The molecule has 2 heterocycles. The summed E-state index contributed by atoms with van der Waals surface area (Å²) in [6.07, 6.45) is 1.11. The fourth-order valence-electron chi connectivity index (χ4n) is 4.25. The molecule has 33 heavy (non-hydrogen) atoms. The number of aromatic nitrogens is 2. The first-order valence-corrected chi connectivity index (χ1v) is 14.0. The molecule has 1 aliphatic heterocycles. The lowest BCUT2D eigenvalue weighted by atomic mass is 9.90. The number of aryl methyl sites for hydroxylation is 2. The van der Waals surface area contributed by atoms with Crippen molar-refractivity contribution >= 4 is 25.7 Å². The van der Waals surface area contributed by atoms with Crippen LogP contribution in [0.5, 0.6) is 5.88 Å². The van der Waals surface area contributed by atoms with Crippen molar-refractivity contribution in [3.8, 4) is 5.88 Å². The van der Waals surface area contributed by atoms with E-state index in [-0.39, 0.29) is 39.3 Å². The third-order valence-corrected chi connectivity index (χ3v) is 9.08. The van der Waals surface area contributed by atoms with E-state index in [1.807, 2.05) is 0 Å². The van der Waals surface area contributed by atoms with Crippen molar-refractivity contribution in [3.05, 3.63) is 40.1 Å². The molecule has 0 saturated heterocycles. The Bertz CT molecular complexity index is 1290. The smallest absolute Gasteiger partial charge is 0.310 e. The fraction of sp³-hybridized carbons (Fsp3) is 0.545. The molecule has 0 fully saturated rings. The molecular weight excluding hydrogens is 468 g/mol. The molecule has 0 saturated carbocycles. The number of rotatable bonds is 8. The molecule has 0 radical (unpaired) electrons. The Kier molecular flexibility index (Phi) is 7.07. The van der Waals surface area contributed by atoms with Crippen LogP contribution >= 0.6 is 0 Å². The summed E-state index contributed by atoms with van der Waals surface area (Å²) in [6.45, 7) is 8.88. The van der Waals surface area contributed by atoms with Crippen LogP contribution in [0.15, 0.2) is 17.2 Å². The molecular formula is C22H30N2O7S2. The van der Waals surface area contributed by atoms with Crippen LogP contribution in [0, 0.1) is 19.8 Å². The lowest BCUT2D eigenvalue weighted by molar-refractivity contribution is 0.0951. The maximum atomic E-state index is 13.6. The highest BCUT2D eigenvalue weighted by atomic mass is 32.2. The molecule has 1 aliphatic rings. The van der Waals surface area contributed by atoms with E-state index >= 15 is 0 Å². The molecule has 1 atom stereocenters. The van der Waals surface area contributed by atoms with E-state index in [2.05, 4.69) is 5.10 Å². The van der Waals surface area contributed by atoms with Gasteiger partial charge in [0.1, 0.15) is 5.56 Å². The van der Waals surface area contributed by atoms with Gasteiger partial charge in [-0.25, -0.2) is 13.1 Å². The molecule has 0 bridgehead atoms. The molecule has 0 N–H and O–H groups in total. The minimum Gasteiger partial charge on any atom is -0.377 e. The summed E-state index contributed by atoms with van der Waals surface area (Å²) < 4.78 is 62.7. The molecule has 2 aromatic rings. The summed E-state index contributed by atoms with van der Waals surface area (Å²) in [6, 6.07) is 1.53. The van der Waals surface area contributed by atoms with Gasteiger partial charge < -0.3 is 8.92 Å². The van der Waals surface area contributed by atoms with Crippen LogP contribution < -0.4 is 4.18 Å². The molecule has 0 aliphatic carbocycles. The average molecular weight is 499 g/mol. The predicted molar refractivity (Wildman–Crippen MR) is 123 cm³/mol. The molecule has 3 rings (SSSR count). The maximum Gasteiger partial charge on any atom is 0.310 e. The van der Waals surface area contributed by atoms with Crippen molar-refractivity contribution < 1.29 is 30.6 Å². The van der Waals surface area contributed by atoms with Crippen LogP contribution in [-0.2, 0) is 31.2 Å². The van der Waals surface area contributed by atoms with Gasteiger partial charge in [-0.05, 0) is 50.3 Å². The number of methoxy groups -OCH3 is 1. The number of hydrogen-bond donors (Lipinski definition) is 0. The second kappa shape index (κ2) is 9.19. The number of hydrogen-bond acceptors (Lipinski definition) is 8. The topological polar surface area (TPSA) is 122 Å². The molecule has 9 nitrogen and oxygen atoms in total. The van der Waals surface area contributed by atoms with Crippen LogP contribution in [0.2, 0.25) is 0 Å². The van der Waals surface area contributed by atoms with Gasteiger partial charge in [-0.2, -0.15) is 13.5 Å². The van der Waals surface area contributed by atoms with Gasteiger partial charge in [-0.15, -0.1) is 0 Å². The first kappa shape index (κ1) is 25.4. The van der Waals surface area contributed by atoms with E-state index in [1.165, 1.54) is 24.1 Å². The van der Waals surface area contributed by atoms with Gasteiger partial charge in [-0.1, -0.05) is 13.8 Å². The molecule has 0 spiro atoms. The number of benzene rings is 1. The van der Waals surface area contributed by atoms with Crippen LogP contribution in [0.1, 0.15) is 65.9 Å². The predicted octanol–water partition coefficient (Wildman–Crippen LogP) is 2.98. The average Bonchev–Trinajstić information content (AvgIpc) is 3.10. The quantitative estimate of drug-likeness (QED) is 0.402. The highest BCUT2D eigenvalue weighted by Crippen LogP contribution is 2.40. The Morgan fingerprint density at radius 1 is 1.27 bits per heavy atom. The minimum atomic E-state index is -3.95. The van der Waals surface area contributed by atoms with Gasteiger partial charge in [-0.3, -0.25) is 4.79 Å². The number of fused-ring (bicyclic) bond motifs is 1. The van der Waals surface area contributed by atoms with E-state index in [0.29, 0.717) is 29.7 Å². The number of ether oxygens (including phenoxy) is 1. The van der Waals surface area contributed by atoms with E-state index in [4.69, 9.17) is 8.92 Å². The van der Waals surface area contributed by atoms with Crippen molar-refractivity contribution in [2.45, 2.75) is 58.6 Å². The molecule has 11 heteroatoms. The molecule has 1 unspecified atom stereocenters. The Balaban J connectivity index is 2.16. The van der Waals surface area contributed by atoms with Crippen molar-refractivity contribution in [1.29, 1.82) is 0 Å². The number of carbonyl (C=O) groups excluding carboxylic acids is 1. The summed E-state index contributed by atoms with van der Waals surface area (Å²) in [4.78, 5) is 13.8. The van der Waals surface area contributed by atoms with Gasteiger partial charge in [0, 0.05) is 24.8 Å². The number of nitrogens with zero attached hydrogens (tertiary/aromatic N) is 2. The van der Waals surface area contributed by atoms with Gasteiger partial charge in [0.05, 0.1) is 28.7 Å². The van der Waals surface area contributed by atoms with E-state index in [1.54, 1.807) is 34.6 Å². The Morgan fingerprint density at radius 3 is 2.52 bits per heavy atom. The van der Waals surface area contributed by atoms with Crippen molar-refractivity contribution in [2.75, 3.05) is 18.6 Å². The first-order valence-electron chi connectivity index (χ1n) is 10.7. The summed E-state index contributed by atoms with van der Waals surface area (Å²) in [7, 11) is -5.94. The largest absolute Gasteiger partial charge is 0.377 e. The van der Waals surface area contributed by atoms with Crippen LogP contribution in [0.4, 0.5) is 0 Å². The highest BCUT2D eigenvalue weighted by molar-refractivity contribution is 7.91. The number of sulfone groups is 1. The fourth-order valence-corrected chi connectivity index (χ4v) is 7.45. The summed E-state index contributed by atoms with van der Waals surface area (Å²) in [5.74, 6) is -1.04. The van der Waals surface area contributed by atoms with Gasteiger partial charge in [0.25, 0.3) is 0 Å². The molecule has 1 aromatic heterocycles. The van der Waals surface area contributed by atoms with Gasteiger partial charge in [0.2, 0.25) is 5.88 Å². The van der Waals surface area contributed by atoms with Crippen molar-refractivity contribution in [3.63, 3.8) is 0 Å². The van der Waals surface area contributed by atoms with E-state index < -0.39 is 31.8 Å². The molecule has 1 aromatic carbocycles. The SMILES string of the molecule is CCn1ncc(C(=O)c2cc(C)c3c(c2C)C(OC)CCS3(=O)=O)c1OS(=O)(=O)CC(C)C. The Labute approximate surface area is 195 Å². The second-order valence-electron chi connectivity index (χ2n) is 8.65. The lowest BCUT2D eigenvalue weighted by Gasteiger charge is -2.28. The zero-order valence-corrected chi connectivity index (χ0v) is 21.3. The van der Waals surface area contributed by atoms with E-state index in [0.717, 1.165) is 0 Å². The maximum absolute atomic E-state index is 13.6. The first-order chi connectivity index (χ1) is 15.3. The highest BCUT2D eigenvalue weighted by Gasteiger charge is 2.36. The number of carbonyl (C=O) groups is 1. The number of ketones is 1. The van der Waals surface area contributed by atoms with Gasteiger partial charge >= 0.3 is 10.1 Å². The lowest BCUT2D eigenvalue weighted by Crippen LogP contribution is -2.25. The monoisotopic (exact) mass is 498 g/mol. The van der Waals surface area contributed by atoms with Crippen molar-refractivity contribution in [1.82, 2.24) is 9.78 Å². The Morgan fingerprint density at radius 2 is 1.94 bits per heavy atom. The summed E-state index contributed by atoms with van der Waals surface area (Å²) in [5, 5.41) is 4.12. The van der Waals surface area contributed by atoms with Crippen molar-refractivity contribution in [2.24, 2.45) is 5.92 Å². The minimum absolute atomic E-state index is 0.000681. The summed E-state index contributed by atoms with van der Waals surface area (Å²) in [5.41, 5.74) is 1.66. The molecule has 182 valence electrons. The third-order valence-electron chi connectivity index (χ3n) is 5.66. The normalized spacial score (nSPS) is 17.7. The Hall–Kier alpha value is -2.24. The standard InChI is InChI=1S/C22H30N2O7S2/c1-7-24-22(31-33(28,29)12-13(2)3)17(11-23-24)20(25)16-10-14(4)21-19(15(16)5)18(30-6)8-9-32(21,26)27/h10-11,13,18H,7-9,12H2,1-6H3. The van der Waals surface area contributed by atoms with Crippen LogP contribution in [-0.4, -0.2) is 51.0 Å².